The number of aryl methyl sites for hydroxylation is 1. The van der Waals surface area contributed by atoms with Gasteiger partial charge in [0.05, 0.1) is 6.54 Å². The van der Waals surface area contributed by atoms with Gasteiger partial charge in [-0.3, -0.25) is 0 Å². The first-order valence-electron chi connectivity index (χ1n) is 9.91. The highest BCUT2D eigenvalue weighted by molar-refractivity contribution is 5.50. The summed E-state index contributed by atoms with van der Waals surface area (Å²) < 4.78 is 5.45. The maximum absolute atomic E-state index is 5.45. The first-order chi connectivity index (χ1) is 13.5. The molecule has 0 radical (unpaired) electrons. The highest BCUT2D eigenvalue weighted by Gasteiger charge is 2.23. The van der Waals surface area contributed by atoms with Crippen LogP contribution in [0.2, 0.25) is 0 Å². The maximum Gasteiger partial charge on any atom is 0.246 e. The van der Waals surface area contributed by atoms with Gasteiger partial charge >= 0.3 is 0 Å². The van der Waals surface area contributed by atoms with E-state index in [1.807, 2.05) is 13.0 Å². The molecule has 28 heavy (non-hydrogen) atoms. The Morgan fingerprint density at radius 2 is 1.46 bits per heavy atom. The predicted octanol–water partition coefficient (Wildman–Crippen LogP) is 4.94. The van der Waals surface area contributed by atoms with Crippen molar-refractivity contribution >= 4 is 11.4 Å². The average Bonchev–Trinajstić information content (AvgIpc) is 3.15. The van der Waals surface area contributed by atoms with Crippen LogP contribution in [0.1, 0.15) is 39.4 Å². The van der Waals surface area contributed by atoms with Gasteiger partial charge in [0.25, 0.3) is 0 Å². The van der Waals surface area contributed by atoms with Crippen LogP contribution in [0.5, 0.6) is 0 Å². The summed E-state index contributed by atoms with van der Waals surface area (Å²) in [4.78, 5) is 9.23. The summed E-state index contributed by atoms with van der Waals surface area (Å²) in [5.74, 6) is 1.41. The molecule has 2 aromatic carbocycles. The minimum absolute atomic E-state index is 0.0174. The summed E-state index contributed by atoms with van der Waals surface area (Å²) >= 11 is 0. The van der Waals surface area contributed by atoms with Crippen LogP contribution in [-0.2, 0) is 13.0 Å². The molecule has 0 saturated heterocycles. The van der Waals surface area contributed by atoms with E-state index in [0.717, 1.165) is 31.0 Å². The zero-order valence-electron chi connectivity index (χ0n) is 17.3. The monoisotopic (exact) mass is 378 g/mol. The van der Waals surface area contributed by atoms with E-state index in [9.17, 15) is 0 Å². The smallest absolute Gasteiger partial charge is 0.246 e. The van der Waals surface area contributed by atoms with Gasteiger partial charge in [-0.15, -0.1) is 0 Å². The summed E-state index contributed by atoms with van der Waals surface area (Å²) in [7, 11) is 0. The normalized spacial score (nSPS) is 11.4. The van der Waals surface area contributed by atoms with Crippen molar-refractivity contribution in [3.8, 4) is 0 Å². The lowest BCUT2D eigenvalue weighted by Gasteiger charge is -2.39. The molecule has 0 saturated carbocycles. The van der Waals surface area contributed by atoms with Gasteiger partial charge in [-0.2, -0.15) is 4.98 Å². The van der Waals surface area contributed by atoms with Crippen LogP contribution in [-0.4, -0.2) is 28.8 Å². The van der Waals surface area contributed by atoms with E-state index in [1.165, 1.54) is 5.69 Å². The fraction of sp³-hybridized carbons (Fsp3) is 0.391. The molecule has 0 amide bonds. The zero-order valence-corrected chi connectivity index (χ0v) is 17.3. The Bertz CT molecular complexity index is 840. The van der Waals surface area contributed by atoms with Crippen molar-refractivity contribution in [2.24, 2.45) is 0 Å². The number of anilines is 2. The third-order valence-corrected chi connectivity index (χ3v) is 4.74. The van der Waals surface area contributed by atoms with Crippen molar-refractivity contribution in [3.63, 3.8) is 0 Å². The molecule has 148 valence electrons. The SMILES string of the molecule is CCc1noc(CN(CCN(c2ccccc2)C(C)(C)C)c2ccccc2)n1. The summed E-state index contributed by atoms with van der Waals surface area (Å²) in [6.45, 7) is 11.1. The number of para-hydroxylation sites is 2. The van der Waals surface area contributed by atoms with Crippen LogP contribution >= 0.6 is 0 Å². The Kier molecular flexibility index (Phi) is 6.34. The number of aromatic nitrogens is 2. The quantitative estimate of drug-likeness (QED) is 0.555. The number of hydrogen-bond acceptors (Lipinski definition) is 5. The van der Waals surface area contributed by atoms with E-state index in [4.69, 9.17) is 4.52 Å². The number of hydrogen-bond donors (Lipinski definition) is 0. The van der Waals surface area contributed by atoms with Crippen LogP contribution < -0.4 is 9.80 Å². The Morgan fingerprint density at radius 3 is 2.00 bits per heavy atom. The molecule has 1 heterocycles. The second kappa shape index (κ2) is 8.91. The van der Waals surface area contributed by atoms with Crippen LogP contribution in [0, 0.1) is 0 Å². The Balaban J connectivity index is 1.80. The lowest BCUT2D eigenvalue weighted by molar-refractivity contribution is 0.370. The van der Waals surface area contributed by atoms with Crippen molar-refractivity contribution in [3.05, 3.63) is 72.4 Å². The minimum atomic E-state index is 0.0174. The molecule has 5 nitrogen and oxygen atoms in total. The van der Waals surface area contributed by atoms with Gasteiger partial charge in [0.2, 0.25) is 5.89 Å². The molecule has 0 bridgehead atoms. The third kappa shape index (κ3) is 5.12. The van der Waals surface area contributed by atoms with E-state index in [-0.39, 0.29) is 5.54 Å². The van der Waals surface area contributed by atoms with Crippen LogP contribution in [0.15, 0.2) is 65.2 Å². The van der Waals surface area contributed by atoms with E-state index in [2.05, 4.69) is 95.3 Å². The highest BCUT2D eigenvalue weighted by atomic mass is 16.5. The minimum Gasteiger partial charge on any atom is -0.365 e. The zero-order chi connectivity index (χ0) is 20.0. The van der Waals surface area contributed by atoms with Gasteiger partial charge in [0, 0.05) is 36.4 Å². The second-order valence-electron chi connectivity index (χ2n) is 7.87. The van der Waals surface area contributed by atoms with Gasteiger partial charge in [-0.1, -0.05) is 48.5 Å². The molecule has 3 rings (SSSR count). The summed E-state index contributed by atoms with van der Waals surface area (Å²) in [5.41, 5.74) is 2.40. The maximum atomic E-state index is 5.45. The molecule has 0 atom stereocenters. The Hall–Kier alpha value is -2.82. The average molecular weight is 379 g/mol. The molecule has 0 unspecified atom stereocenters. The molecule has 5 heteroatoms. The van der Waals surface area contributed by atoms with Crippen molar-refractivity contribution in [1.29, 1.82) is 0 Å². The van der Waals surface area contributed by atoms with E-state index < -0.39 is 0 Å². The largest absolute Gasteiger partial charge is 0.365 e. The van der Waals surface area contributed by atoms with Crippen molar-refractivity contribution in [2.45, 2.75) is 46.2 Å². The molecule has 0 spiro atoms. The highest BCUT2D eigenvalue weighted by Crippen LogP contribution is 2.24. The summed E-state index contributed by atoms with van der Waals surface area (Å²) in [5, 5.41) is 4.04. The lowest BCUT2D eigenvalue weighted by atomic mass is 10.0. The van der Waals surface area contributed by atoms with Crippen molar-refractivity contribution < 1.29 is 4.52 Å². The van der Waals surface area contributed by atoms with E-state index in [0.29, 0.717) is 12.4 Å². The molecule has 1 aromatic heterocycles. The molecular formula is C23H30N4O. The lowest BCUT2D eigenvalue weighted by Crippen LogP contribution is -2.46. The fourth-order valence-electron chi connectivity index (χ4n) is 3.28. The van der Waals surface area contributed by atoms with Crippen molar-refractivity contribution in [2.75, 3.05) is 22.9 Å². The molecule has 0 aliphatic rings. The van der Waals surface area contributed by atoms with E-state index >= 15 is 0 Å². The van der Waals surface area contributed by atoms with Crippen LogP contribution in [0.4, 0.5) is 11.4 Å². The Morgan fingerprint density at radius 1 is 0.857 bits per heavy atom. The fourth-order valence-corrected chi connectivity index (χ4v) is 3.28. The van der Waals surface area contributed by atoms with Gasteiger partial charge in [0.1, 0.15) is 0 Å². The number of benzene rings is 2. The molecule has 0 aliphatic carbocycles. The summed E-state index contributed by atoms with van der Waals surface area (Å²) in [6.07, 6.45) is 0.778. The molecule has 0 N–H and O–H groups in total. The summed E-state index contributed by atoms with van der Waals surface area (Å²) in [6, 6.07) is 21.0. The van der Waals surface area contributed by atoms with Crippen LogP contribution in [0.3, 0.4) is 0 Å². The van der Waals surface area contributed by atoms with Gasteiger partial charge in [-0.05, 0) is 45.0 Å². The topological polar surface area (TPSA) is 45.4 Å². The van der Waals surface area contributed by atoms with Gasteiger partial charge in [0.15, 0.2) is 5.82 Å². The third-order valence-electron chi connectivity index (χ3n) is 4.74. The van der Waals surface area contributed by atoms with Crippen molar-refractivity contribution in [1.82, 2.24) is 10.1 Å². The van der Waals surface area contributed by atoms with Gasteiger partial charge in [-0.25, -0.2) is 0 Å². The number of rotatable bonds is 8. The predicted molar refractivity (Wildman–Crippen MR) is 115 cm³/mol. The van der Waals surface area contributed by atoms with Crippen LogP contribution in [0.25, 0.3) is 0 Å². The second-order valence-corrected chi connectivity index (χ2v) is 7.87. The molecule has 0 fully saturated rings. The van der Waals surface area contributed by atoms with E-state index in [1.54, 1.807) is 0 Å². The Labute approximate surface area is 168 Å². The number of nitrogens with zero attached hydrogens (tertiary/aromatic N) is 4. The molecule has 3 aromatic rings. The first-order valence-corrected chi connectivity index (χ1v) is 9.91. The van der Waals surface area contributed by atoms with Gasteiger partial charge < -0.3 is 14.3 Å². The molecule has 0 aliphatic heterocycles. The first kappa shape index (κ1) is 19.9. The molecular weight excluding hydrogens is 348 g/mol. The standard InChI is InChI=1S/C23H30N4O/c1-5-21-24-22(28-25-21)18-26(19-12-8-6-9-13-19)16-17-27(23(2,3)4)20-14-10-7-11-15-20/h6-15H,5,16-18H2,1-4H3.